The van der Waals surface area contributed by atoms with Crippen molar-refractivity contribution in [2.75, 3.05) is 13.2 Å². The molecule has 0 aliphatic carbocycles. The maximum atomic E-state index is 12.9. The molecule has 0 aromatic heterocycles. The molecule has 83 heavy (non-hydrogen) atoms. The van der Waals surface area contributed by atoms with Gasteiger partial charge in [-0.05, 0) is 122 Å². The number of hydrogen-bond acceptors (Lipinski definition) is 6. The van der Waals surface area contributed by atoms with Crippen molar-refractivity contribution in [1.29, 1.82) is 0 Å². The first-order valence-electron chi connectivity index (χ1n) is 35.4. The summed E-state index contributed by atoms with van der Waals surface area (Å²) in [6.45, 7) is 6.37. The van der Waals surface area contributed by atoms with Crippen LogP contribution in [-0.4, -0.2) is 37.2 Å². The predicted molar refractivity (Wildman–Crippen MR) is 362 cm³/mol. The molecule has 0 heterocycles. The number of ether oxygens (including phenoxy) is 3. The smallest absolute Gasteiger partial charge is 0.306 e. The highest BCUT2D eigenvalue weighted by atomic mass is 16.6. The van der Waals surface area contributed by atoms with Crippen molar-refractivity contribution >= 4 is 17.9 Å². The molecule has 0 amide bonds. The molecule has 0 aliphatic heterocycles. The van der Waals surface area contributed by atoms with E-state index in [4.69, 9.17) is 14.2 Å². The molecular formula is C77H132O6. The molecule has 0 radical (unpaired) electrons. The van der Waals surface area contributed by atoms with E-state index in [9.17, 15) is 14.4 Å². The molecule has 1 atom stereocenters. The molecule has 0 aromatic carbocycles. The van der Waals surface area contributed by atoms with Gasteiger partial charge in [0.25, 0.3) is 0 Å². The highest BCUT2D eigenvalue weighted by molar-refractivity contribution is 5.71. The standard InChI is InChI=1S/C77H132O6/c1-4-7-10-13-16-19-22-25-28-29-30-31-32-33-34-35-36-37-38-39-40-41-42-43-44-45-46-47-50-52-55-58-61-64-67-70-76(79)82-73-74(83-77(80)71-68-65-62-59-56-53-49-27-24-21-18-15-12-9-6-3)72-81-75(78)69-66-63-60-57-54-51-48-26-23-20-17-14-11-8-5-2/h8-9,11-12,17-18,20-21,26-27,29-30,48-49,54,56-57,59,74H,4-7,10,13-16,19,22-25,28,31-47,50-53,55,58,60-73H2,1-3H3/b11-8-,12-9-,20-17-,21-18-,30-29-,48-26-,49-27-,57-54-,59-56-. The van der Waals surface area contributed by atoms with Crippen molar-refractivity contribution in [1.82, 2.24) is 0 Å². The van der Waals surface area contributed by atoms with E-state index in [1.165, 1.54) is 193 Å². The second-order valence-electron chi connectivity index (χ2n) is 23.4. The average Bonchev–Trinajstić information content (AvgIpc) is 3.49. The third kappa shape index (κ3) is 68.7. The fraction of sp³-hybridized carbons (Fsp3) is 0.727. The second-order valence-corrected chi connectivity index (χ2v) is 23.4. The summed E-state index contributed by atoms with van der Waals surface area (Å²) in [7, 11) is 0. The van der Waals surface area contributed by atoms with Gasteiger partial charge in [-0.1, -0.05) is 310 Å². The van der Waals surface area contributed by atoms with Crippen molar-refractivity contribution < 1.29 is 28.6 Å². The normalized spacial score (nSPS) is 12.8. The molecule has 0 fully saturated rings. The molecule has 1 unspecified atom stereocenters. The monoisotopic (exact) mass is 1150 g/mol. The molecule has 0 rings (SSSR count). The lowest BCUT2D eigenvalue weighted by Gasteiger charge is -2.18. The maximum Gasteiger partial charge on any atom is 0.306 e. The topological polar surface area (TPSA) is 78.9 Å². The van der Waals surface area contributed by atoms with Gasteiger partial charge < -0.3 is 14.2 Å². The second kappa shape index (κ2) is 70.6. The first-order valence-corrected chi connectivity index (χ1v) is 35.4. The van der Waals surface area contributed by atoms with E-state index >= 15 is 0 Å². The van der Waals surface area contributed by atoms with E-state index < -0.39 is 6.10 Å². The Morgan fingerprint density at radius 2 is 0.470 bits per heavy atom. The summed E-state index contributed by atoms with van der Waals surface area (Å²) in [6.07, 6.45) is 97.3. The van der Waals surface area contributed by atoms with Crippen LogP contribution < -0.4 is 0 Å². The van der Waals surface area contributed by atoms with Gasteiger partial charge in [-0.3, -0.25) is 14.4 Å². The zero-order valence-corrected chi connectivity index (χ0v) is 54.7. The van der Waals surface area contributed by atoms with Gasteiger partial charge in [0.2, 0.25) is 0 Å². The average molecular weight is 1150 g/mol. The lowest BCUT2D eigenvalue weighted by molar-refractivity contribution is -0.167. The zero-order chi connectivity index (χ0) is 59.9. The Hall–Kier alpha value is -3.93. The van der Waals surface area contributed by atoms with Crippen LogP contribution in [0.2, 0.25) is 0 Å². The molecule has 476 valence electrons. The quantitative estimate of drug-likeness (QED) is 0.0261. The fourth-order valence-corrected chi connectivity index (χ4v) is 10.0. The summed E-state index contributed by atoms with van der Waals surface area (Å²) < 4.78 is 16.9. The van der Waals surface area contributed by atoms with Gasteiger partial charge >= 0.3 is 17.9 Å². The van der Waals surface area contributed by atoms with Crippen LogP contribution in [-0.2, 0) is 28.6 Å². The van der Waals surface area contributed by atoms with Crippen molar-refractivity contribution in [3.05, 3.63) is 109 Å². The summed E-state index contributed by atoms with van der Waals surface area (Å²) in [6, 6.07) is 0. The minimum absolute atomic E-state index is 0.107. The number of allylic oxidation sites excluding steroid dienone is 18. The van der Waals surface area contributed by atoms with Gasteiger partial charge in [0.1, 0.15) is 13.2 Å². The third-order valence-electron chi connectivity index (χ3n) is 15.2. The van der Waals surface area contributed by atoms with Crippen LogP contribution in [0.4, 0.5) is 0 Å². The fourth-order valence-electron chi connectivity index (χ4n) is 10.0. The maximum absolute atomic E-state index is 12.9. The van der Waals surface area contributed by atoms with Gasteiger partial charge in [0.05, 0.1) is 0 Å². The molecule has 0 N–H and O–H groups in total. The van der Waals surface area contributed by atoms with Crippen molar-refractivity contribution in [2.24, 2.45) is 0 Å². The number of rotatable bonds is 64. The van der Waals surface area contributed by atoms with Crippen molar-refractivity contribution in [3.8, 4) is 0 Å². The first kappa shape index (κ1) is 79.1. The van der Waals surface area contributed by atoms with Crippen LogP contribution in [0.3, 0.4) is 0 Å². The highest BCUT2D eigenvalue weighted by Gasteiger charge is 2.19. The van der Waals surface area contributed by atoms with Crippen LogP contribution in [0.5, 0.6) is 0 Å². The summed E-state index contributed by atoms with van der Waals surface area (Å²) in [5, 5.41) is 0. The Kier molecular flexibility index (Phi) is 67.2. The van der Waals surface area contributed by atoms with Crippen LogP contribution >= 0.6 is 0 Å². The van der Waals surface area contributed by atoms with Gasteiger partial charge in [-0.2, -0.15) is 0 Å². The van der Waals surface area contributed by atoms with Gasteiger partial charge in [0.15, 0.2) is 6.10 Å². The van der Waals surface area contributed by atoms with Gasteiger partial charge in [-0.25, -0.2) is 0 Å². The van der Waals surface area contributed by atoms with Crippen molar-refractivity contribution in [3.63, 3.8) is 0 Å². The van der Waals surface area contributed by atoms with E-state index in [2.05, 4.69) is 130 Å². The Morgan fingerprint density at radius 1 is 0.253 bits per heavy atom. The Balaban J connectivity index is 4.16. The van der Waals surface area contributed by atoms with Crippen LogP contribution in [0.15, 0.2) is 109 Å². The van der Waals surface area contributed by atoms with E-state index in [1.807, 2.05) is 0 Å². The molecule has 0 bridgehead atoms. The third-order valence-corrected chi connectivity index (χ3v) is 15.2. The number of esters is 3. The summed E-state index contributed by atoms with van der Waals surface area (Å²) in [5.74, 6) is -0.983. The number of carbonyl (C=O) groups is 3. The lowest BCUT2D eigenvalue weighted by atomic mass is 10.0. The minimum Gasteiger partial charge on any atom is -0.462 e. The van der Waals surface area contributed by atoms with Crippen LogP contribution in [0, 0.1) is 0 Å². The molecule has 0 spiro atoms. The van der Waals surface area contributed by atoms with E-state index in [0.717, 1.165) is 96.3 Å². The highest BCUT2D eigenvalue weighted by Crippen LogP contribution is 2.18. The Labute approximate surface area is 514 Å². The number of carbonyl (C=O) groups excluding carboxylic acids is 3. The molecular weight excluding hydrogens is 1020 g/mol. The van der Waals surface area contributed by atoms with E-state index in [1.54, 1.807) is 0 Å². The molecule has 0 aromatic rings. The minimum atomic E-state index is -0.819. The van der Waals surface area contributed by atoms with Crippen LogP contribution in [0.25, 0.3) is 0 Å². The zero-order valence-electron chi connectivity index (χ0n) is 54.7. The number of unbranched alkanes of at least 4 members (excludes halogenated alkanes) is 35. The molecule has 0 saturated heterocycles. The van der Waals surface area contributed by atoms with Crippen LogP contribution in [0.1, 0.15) is 342 Å². The van der Waals surface area contributed by atoms with Gasteiger partial charge in [0, 0.05) is 19.3 Å². The molecule has 6 heteroatoms. The van der Waals surface area contributed by atoms with Crippen molar-refractivity contribution in [2.45, 2.75) is 348 Å². The largest absolute Gasteiger partial charge is 0.462 e. The Morgan fingerprint density at radius 3 is 0.771 bits per heavy atom. The predicted octanol–water partition coefficient (Wildman–Crippen LogP) is 24.6. The summed E-state index contributed by atoms with van der Waals surface area (Å²) in [4.78, 5) is 38.3. The van der Waals surface area contributed by atoms with Gasteiger partial charge in [-0.15, -0.1) is 0 Å². The van der Waals surface area contributed by atoms with E-state index in [0.29, 0.717) is 25.7 Å². The Bertz CT molecular complexity index is 1660. The molecule has 0 saturated carbocycles. The SMILES string of the molecule is CC/C=C\C/C=C\C/C=C\C/C=C\CCCCC(=O)OCC(COC(=O)CCCCCCCCCCCCCCCCCCCCCCCCC/C=C\CCCCCCCCCC)OC(=O)CCCC/C=C\C/C=C\C/C=C\C/C=C\CC. The van der Waals surface area contributed by atoms with E-state index in [-0.39, 0.29) is 37.5 Å². The summed E-state index contributed by atoms with van der Waals surface area (Å²) in [5.41, 5.74) is 0. The molecule has 6 nitrogen and oxygen atoms in total. The summed E-state index contributed by atoms with van der Waals surface area (Å²) >= 11 is 0. The lowest BCUT2D eigenvalue weighted by Crippen LogP contribution is -2.30. The first-order chi connectivity index (χ1) is 41.0. The molecule has 0 aliphatic rings. The number of hydrogen-bond donors (Lipinski definition) is 0.